The van der Waals surface area contributed by atoms with E-state index in [2.05, 4.69) is 11.4 Å². The van der Waals surface area contributed by atoms with Gasteiger partial charge in [-0.2, -0.15) is 5.26 Å². The summed E-state index contributed by atoms with van der Waals surface area (Å²) in [7, 11) is 0. The first-order valence-corrected chi connectivity index (χ1v) is 7.71. The number of rotatable bonds is 7. The van der Waals surface area contributed by atoms with Crippen molar-refractivity contribution in [3.8, 4) is 6.07 Å². The number of esters is 1. The van der Waals surface area contributed by atoms with E-state index in [1.54, 1.807) is 6.92 Å². The Hall–Kier alpha value is -2.35. The van der Waals surface area contributed by atoms with E-state index in [9.17, 15) is 9.59 Å². The Balaban J connectivity index is 2.44. The molecule has 0 radical (unpaired) electrons. The second kappa shape index (κ2) is 8.33. The predicted molar refractivity (Wildman–Crippen MR) is 87.4 cm³/mol. The van der Waals surface area contributed by atoms with Crippen LogP contribution in [-0.2, 0) is 14.3 Å². The molecule has 0 saturated heterocycles. The summed E-state index contributed by atoms with van der Waals surface area (Å²) in [6.07, 6.45) is 0.205. The van der Waals surface area contributed by atoms with Crippen LogP contribution in [0.3, 0.4) is 0 Å². The molecular weight excluding hydrogens is 292 g/mol. The highest BCUT2D eigenvalue weighted by molar-refractivity contribution is 5.81. The maximum absolute atomic E-state index is 11.8. The van der Waals surface area contributed by atoms with E-state index >= 15 is 0 Å². The monoisotopic (exact) mass is 316 g/mol. The maximum atomic E-state index is 11.8. The number of hydrogen-bond donors (Lipinski definition) is 1. The Morgan fingerprint density at radius 3 is 2.39 bits per heavy atom. The van der Waals surface area contributed by atoms with Crippen LogP contribution in [0.5, 0.6) is 0 Å². The van der Waals surface area contributed by atoms with Crippen molar-refractivity contribution in [2.75, 3.05) is 6.61 Å². The van der Waals surface area contributed by atoms with Crippen molar-refractivity contribution in [2.45, 2.75) is 45.6 Å². The second-order valence-corrected chi connectivity index (χ2v) is 6.19. The molecule has 0 aliphatic rings. The van der Waals surface area contributed by atoms with Gasteiger partial charge in [-0.15, -0.1) is 0 Å². The molecule has 0 spiro atoms. The molecule has 5 heteroatoms. The normalized spacial score (nSPS) is 14.4. The summed E-state index contributed by atoms with van der Waals surface area (Å²) < 4.78 is 5.01. The molecule has 2 atom stereocenters. The number of benzene rings is 1. The molecule has 0 saturated carbocycles. The van der Waals surface area contributed by atoms with Gasteiger partial charge in [-0.05, 0) is 24.3 Å². The number of nitrogens with zero attached hydrogens (tertiary/aromatic N) is 1. The molecule has 23 heavy (non-hydrogen) atoms. The van der Waals surface area contributed by atoms with Crippen molar-refractivity contribution < 1.29 is 14.3 Å². The average Bonchev–Trinajstić information content (AvgIpc) is 2.53. The standard InChI is InChI=1S/C18H24N2O3/c1-13(2)18(4,12-19)20-16(21)11-23-17(22)10-14(3)15-8-6-5-7-9-15/h5-9,13-14H,10-11H2,1-4H3,(H,20,21)/t14-,18-/m0/s1. The SMILES string of the molecule is CC(C)[C@](C)(C#N)NC(=O)COC(=O)C[C@H](C)c1ccccc1. The van der Waals surface area contributed by atoms with Gasteiger partial charge in [0.05, 0.1) is 12.5 Å². The second-order valence-electron chi connectivity index (χ2n) is 6.19. The van der Waals surface area contributed by atoms with E-state index in [1.807, 2.05) is 51.1 Å². The molecule has 0 unspecified atom stereocenters. The van der Waals surface area contributed by atoms with Gasteiger partial charge in [0.1, 0.15) is 5.54 Å². The summed E-state index contributed by atoms with van der Waals surface area (Å²) in [5.41, 5.74) is 0.0756. The lowest BCUT2D eigenvalue weighted by atomic mass is 9.90. The molecule has 1 aromatic rings. The molecule has 0 heterocycles. The summed E-state index contributed by atoms with van der Waals surface area (Å²) in [5, 5.41) is 11.8. The van der Waals surface area contributed by atoms with Crippen LogP contribution in [0.25, 0.3) is 0 Å². The molecule has 5 nitrogen and oxygen atoms in total. The fourth-order valence-electron chi connectivity index (χ4n) is 1.98. The number of carbonyl (C=O) groups is 2. The van der Waals surface area contributed by atoms with Gasteiger partial charge < -0.3 is 10.1 Å². The lowest BCUT2D eigenvalue weighted by Crippen LogP contribution is -2.50. The van der Waals surface area contributed by atoms with Crippen molar-refractivity contribution in [1.82, 2.24) is 5.32 Å². The summed E-state index contributed by atoms with van der Waals surface area (Å²) in [5.74, 6) is -0.930. The lowest BCUT2D eigenvalue weighted by molar-refractivity contribution is -0.149. The van der Waals surface area contributed by atoms with Gasteiger partial charge in [-0.25, -0.2) is 0 Å². The summed E-state index contributed by atoms with van der Waals surface area (Å²) >= 11 is 0. The number of nitriles is 1. The van der Waals surface area contributed by atoms with E-state index in [0.717, 1.165) is 5.56 Å². The van der Waals surface area contributed by atoms with Gasteiger partial charge in [0, 0.05) is 0 Å². The quantitative estimate of drug-likeness (QED) is 0.784. The van der Waals surface area contributed by atoms with Crippen molar-refractivity contribution in [2.24, 2.45) is 5.92 Å². The van der Waals surface area contributed by atoms with Crippen LogP contribution < -0.4 is 5.32 Å². The fourth-order valence-corrected chi connectivity index (χ4v) is 1.98. The molecule has 0 fully saturated rings. The van der Waals surface area contributed by atoms with Crippen LogP contribution in [0.4, 0.5) is 0 Å². The fraction of sp³-hybridized carbons (Fsp3) is 0.500. The van der Waals surface area contributed by atoms with E-state index in [0.29, 0.717) is 0 Å². The Labute approximate surface area is 137 Å². The number of ether oxygens (including phenoxy) is 1. The molecule has 124 valence electrons. The Kier molecular flexibility index (Phi) is 6.77. The van der Waals surface area contributed by atoms with E-state index in [1.165, 1.54) is 0 Å². The molecule has 1 amide bonds. The molecule has 0 bridgehead atoms. The summed E-state index contributed by atoms with van der Waals surface area (Å²) in [6.45, 7) is 6.90. The van der Waals surface area contributed by atoms with Crippen molar-refractivity contribution in [1.29, 1.82) is 5.26 Å². The highest BCUT2D eigenvalue weighted by Gasteiger charge is 2.30. The molecule has 1 N–H and O–H groups in total. The zero-order valence-electron chi connectivity index (χ0n) is 14.1. The van der Waals surface area contributed by atoms with Crippen LogP contribution in [-0.4, -0.2) is 24.0 Å². The minimum absolute atomic E-state index is 0.0202. The van der Waals surface area contributed by atoms with Gasteiger partial charge in [-0.3, -0.25) is 9.59 Å². The van der Waals surface area contributed by atoms with Crippen molar-refractivity contribution >= 4 is 11.9 Å². The van der Waals surface area contributed by atoms with Crippen molar-refractivity contribution in [3.05, 3.63) is 35.9 Å². The summed E-state index contributed by atoms with van der Waals surface area (Å²) in [4.78, 5) is 23.7. The molecular formula is C18H24N2O3. The first kappa shape index (κ1) is 18.7. The number of amides is 1. The van der Waals surface area contributed by atoms with E-state index < -0.39 is 17.4 Å². The number of nitrogens with one attached hydrogen (secondary N) is 1. The molecule has 0 aromatic heterocycles. The van der Waals surface area contributed by atoms with E-state index in [4.69, 9.17) is 10.00 Å². The Bertz CT molecular complexity index is 578. The predicted octanol–water partition coefficient (Wildman–Crippen LogP) is 2.78. The van der Waals surface area contributed by atoms with Crippen LogP contribution >= 0.6 is 0 Å². The number of carbonyl (C=O) groups excluding carboxylic acids is 2. The van der Waals surface area contributed by atoms with Gasteiger partial charge in [0.15, 0.2) is 6.61 Å². The molecule has 0 aliphatic heterocycles. The highest BCUT2D eigenvalue weighted by Crippen LogP contribution is 2.19. The van der Waals surface area contributed by atoms with Gasteiger partial charge in [-0.1, -0.05) is 51.1 Å². The summed E-state index contributed by atoms with van der Waals surface area (Å²) in [6, 6.07) is 11.7. The van der Waals surface area contributed by atoms with Crippen molar-refractivity contribution in [3.63, 3.8) is 0 Å². The van der Waals surface area contributed by atoms with Crippen LogP contribution in [0.1, 0.15) is 45.6 Å². The largest absolute Gasteiger partial charge is 0.456 e. The molecule has 1 aromatic carbocycles. The minimum atomic E-state index is -0.971. The average molecular weight is 316 g/mol. The first-order valence-electron chi connectivity index (χ1n) is 7.71. The third-order valence-electron chi connectivity index (χ3n) is 3.99. The topological polar surface area (TPSA) is 79.2 Å². The maximum Gasteiger partial charge on any atom is 0.306 e. The smallest absolute Gasteiger partial charge is 0.306 e. The highest BCUT2D eigenvalue weighted by atomic mass is 16.5. The third kappa shape index (κ3) is 5.74. The van der Waals surface area contributed by atoms with Crippen LogP contribution in [0.15, 0.2) is 30.3 Å². The minimum Gasteiger partial charge on any atom is -0.456 e. The van der Waals surface area contributed by atoms with Crippen LogP contribution in [0.2, 0.25) is 0 Å². The zero-order valence-corrected chi connectivity index (χ0v) is 14.1. The van der Waals surface area contributed by atoms with Gasteiger partial charge in [0.25, 0.3) is 5.91 Å². The van der Waals surface area contributed by atoms with E-state index in [-0.39, 0.29) is 24.9 Å². The number of hydrogen-bond acceptors (Lipinski definition) is 4. The van der Waals surface area contributed by atoms with Gasteiger partial charge >= 0.3 is 5.97 Å². The van der Waals surface area contributed by atoms with Gasteiger partial charge in [0.2, 0.25) is 0 Å². The third-order valence-corrected chi connectivity index (χ3v) is 3.99. The van der Waals surface area contributed by atoms with Crippen LogP contribution in [0, 0.1) is 17.2 Å². The Morgan fingerprint density at radius 1 is 1.26 bits per heavy atom. The molecule has 1 rings (SSSR count). The first-order chi connectivity index (χ1) is 10.8. The zero-order chi connectivity index (χ0) is 17.5. The molecule has 0 aliphatic carbocycles. The lowest BCUT2D eigenvalue weighted by Gasteiger charge is -2.27. The Morgan fingerprint density at radius 2 is 1.87 bits per heavy atom.